The molecule has 2 rings (SSSR count). The summed E-state index contributed by atoms with van der Waals surface area (Å²) in [6.07, 6.45) is -0.0577. The van der Waals surface area contributed by atoms with Crippen molar-refractivity contribution < 1.29 is 18.0 Å². The van der Waals surface area contributed by atoms with Gasteiger partial charge in [-0.25, -0.2) is 0 Å². The number of amides is 1. The zero-order valence-electron chi connectivity index (χ0n) is 12.6. The molecule has 1 aliphatic carbocycles. The standard InChI is InChI=1S/C15H18ClF3N2O2/c1-9-4-2-3-5-12(9)20-13(22)8-21-7-10(15(17,18)19)6-11(16)14(21)23/h6-7,9,12H,2-5,8H2,1H3,(H,20,22)/t9-,12-/m1/s1. The number of aromatic nitrogens is 1. The highest BCUT2D eigenvalue weighted by atomic mass is 35.5. The molecule has 1 aromatic heterocycles. The van der Waals surface area contributed by atoms with Gasteiger partial charge in [-0.2, -0.15) is 13.2 Å². The molecule has 1 fully saturated rings. The number of carbonyl (C=O) groups excluding carboxylic acids is 1. The second-order valence-electron chi connectivity index (χ2n) is 5.94. The number of alkyl halides is 3. The number of hydrogen-bond acceptors (Lipinski definition) is 2. The molecule has 0 aliphatic heterocycles. The zero-order chi connectivity index (χ0) is 17.2. The summed E-state index contributed by atoms with van der Waals surface area (Å²) in [6, 6.07) is 0.565. The topological polar surface area (TPSA) is 51.1 Å². The Hall–Kier alpha value is -1.50. The van der Waals surface area contributed by atoms with E-state index in [4.69, 9.17) is 11.6 Å². The molecular weight excluding hydrogens is 333 g/mol. The minimum absolute atomic E-state index is 0.00628. The van der Waals surface area contributed by atoms with Gasteiger partial charge >= 0.3 is 6.18 Å². The lowest BCUT2D eigenvalue weighted by Crippen LogP contribution is -2.43. The molecule has 0 spiro atoms. The van der Waals surface area contributed by atoms with Crippen LogP contribution in [0.1, 0.15) is 38.2 Å². The lowest BCUT2D eigenvalue weighted by Gasteiger charge is -2.29. The fourth-order valence-electron chi connectivity index (χ4n) is 2.81. The van der Waals surface area contributed by atoms with Gasteiger partial charge in [-0.3, -0.25) is 9.59 Å². The van der Waals surface area contributed by atoms with Crippen LogP contribution >= 0.6 is 11.6 Å². The van der Waals surface area contributed by atoms with E-state index in [2.05, 4.69) is 5.32 Å². The normalized spacial score (nSPS) is 22.0. The van der Waals surface area contributed by atoms with E-state index in [1.807, 2.05) is 6.92 Å². The van der Waals surface area contributed by atoms with Crippen LogP contribution in [-0.2, 0) is 17.5 Å². The van der Waals surface area contributed by atoms with Crippen LogP contribution in [0, 0.1) is 5.92 Å². The number of hydrogen-bond donors (Lipinski definition) is 1. The van der Waals surface area contributed by atoms with E-state index < -0.39 is 34.8 Å². The van der Waals surface area contributed by atoms with E-state index in [0.29, 0.717) is 22.7 Å². The van der Waals surface area contributed by atoms with Crippen molar-refractivity contribution in [3.8, 4) is 0 Å². The molecule has 1 amide bonds. The molecule has 2 atom stereocenters. The highest BCUT2D eigenvalue weighted by Gasteiger charge is 2.32. The van der Waals surface area contributed by atoms with Crippen molar-refractivity contribution in [2.24, 2.45) is 5.92 Å². The monoisotopic (exact) mass is 350 g/mol. The highest BCUT2D eigenvalue weighted by Crippen LogP contribution is 2.29. The van der Waals surface area contributed by atoms with Crippen molar-refractivity contribution in [2.75, 3.05) is 0 Å². The fraction of sp³-hybridized carbons (Fsp3) is 0.600. The third-order valence-electron chi connectivity index (χ3n) is 4.14. The summed E-state index contributed by atoms with van der Waals surface area (Å²) in [5.74, 6) is -0.171. The maximum atomic E-state index is 12.8. The van der Waals surface area contributed by atoms with Gasteiger partial charge in [0.1, 0.15) is 11.6 Å². The molecule has 23 heavy (non-hydrogen) atoms. The quantitative estimate of drug-likeness (QED) is 0.910. The summed E-state index contributed by atoms with van der Waals surface area (Å²) in [5, 5.41) is 2.24. The van der Waals surface area contributed by atoms with Crippen LogP contribution in [0.4, 0.5) is 13.2 Å². The molecule has 0 radical (unpaired) electrons. The summed E-state index contributed by atoms with van der Waals surface area (Å²) in [4.78, 5) is 23.9. The minimum atomic E-state index is -4.63. The minimum Gasteiger partial charge on any atom is -0.352 e. The van der Waals surface area contributed by atoms with E-state index in [9.17, 15) is 22.8 Å². The first-order valence-corrected chi connectivity index (χ1v) is 7.83. The predicted molar refractivity (Wildman–Crippen MR) is 80.3 cm³/mol. The lowest BCUT2D eigenvalue weighted by atomic mass is 9.86. The molecule has 128 valence electrons. The van der Waals surface area contributed by atoms with Gasteiger partial charge in [-0.15, -0.1) is 0 Å². The van der Waals surface area contributed by atoms with Crippen LogP contribution < -0.4 is 10.9 Å². The highest BCUT2D eigenvalue weighted by molar-refractivity contribution is 6.30. The Morgan fingerprint density at radius 1 is 1.39 bits per heavy atom. The van der Waals surface area contributed by atoms with Gasteiger partial charge in [0.25, 0.3) is 5.56 Å². The Labute approximate surface area is 136 Å². The van der Waals surface area contributed by atoms with Gasteiger partial charge in [0.15, 0.2) is 0 Å². The summed E-state index contributed by atoms with van der Waals surface area (Å²) >= 11 is 5.56. The van der Waals surface area contributed by atoms with Gasteiger partial charge < -0.3 is 9.88 Å². The smallest absolute Gasteiger partial charge is 0.352 e. The number of pyridine rings is 1. The molecule has 8 heteroatoms. The van der Waals surface area contributed by atoms with Crippen molar-refractivity contribution >= 4 is 17.5 Å². The summed E-state index contributed by atoms with van der Waals surface area (Å²) in [7, 11) is 0. The molecule has 1 aromatic rings. The van der Waals surface area contributed by atoms with E-state index in [-0.39, 0.29) is 6.04 Å². The van der Waals surface area contributed by atoms with Gasteiger partial charge in [-0.05, 0) is 24.8 Å². The van der Waals surface area contributed by atoms with Crippen LogP contribution in [0.3, 0.4) is 0 Å². The van der Waals surface area contributed by atoms with Crippen molar-refractivity contribution in [1.29, 1.82) is 0 Å². The fourth-order valence-corrected chi connectivity index (χ4v) is 3.04. The SMILES string of the molecule is C[C@@H]1CCCC[C@H]1NC(=O)Cn1cc(C(F)(F)F)cc(Cl)c1=O. The predicted octanol–water partition coefficient (Wildman–Crippen LogP) is 3.22. The zero-order valence-corrected chi connectivity index (χ0v) is 13.4. The van der Waals surface area contributed by atoms with Gasteiger partial charge in [-0.1, -0.05) is 31.4 Å². The van der Waals surface area contributed by atoms with Gasteiger partial charge in [0.2, 0.25) is 5.91 Å². The van der Waals surface area contributed by atoms with Gasteiger partial charge in [0.05, 0.1) is 5.56 Å². The maximum Gasteiger partial charge on any atom is 0.417 e. The average Bonchev–Trinajstić information content (AvgIpc) is 2.45. The Morgan fingerprint density at radius 2 is 2.04 bits per heavy atom. The van der Waals surface area contributed by atoms with Gasteiger partial charge in [0, 0.05) is 12.2 Å². The van der Waals surface area contributed by atoms with Crippen molar-refractivity contribution in [3.63, 3.8) is 0 Å². The first-order valence-electron chi connectivity index (χ1n) is 7.45. The molecule has 1 aliphatic rings. The first-order chi connectivity index (χ1) is 10.7. The molecule has 0 unspecified atom stereocenters. The van der Waals surface area contributed by atoms with Crippen LogP contribution in [0.5, 0.6) is 0 Å². The number of nitrogens with one attached hydrogen (secondary N) is 1. The van der Waals surface area contributed by atoms with Crippen molar-refractivity contribution in [2.45, 2.75) is 51.4 Å². The van der Waals surface area contributed by atoms with Crippen molar-refractivity contribution in [3.05, 3.63) is 33.2 Å². The second kappa shape index (κ2) is 6.95. The lowest BCUT2D eigenvalue weighted by molar-refractivity contribution is -0.138. The second-order valence-corrected chi connectivity index (χ2v) is 6.35. The maximum absolute atomic E-state index is 12.8. The summed E-state index contributed by atoms with van der Waals surface area (Å²) < 4.78 is 39.0. The Bertz CT molecular complexity index is 643. The molecule has 0 aromatic carbocycles. The molecule has 1 N–H and O–H groups in total. The Kier molecular flexibility index (Phi) is 5.39. The largest absolute Gasteiger partial charge is 0.417 e. The number of halogens is 4. The van der Waals surface area contributed by atoms with E-state index in [1.54, 1.807) is 0 Å². The molecular formula is C15H18ClF3N2O2. The molecule has 4 nitrogen and oxygen atoms in total. The molecule has 1 heterocycles. The van der Waals surface area contributed by atoms with E-state index in [0.717, 1.165) is 25.7 Å². The summed E-state index contributed by atoms with van der Waals surface area (Å²) in [6.45, 7) is 1.54. The van der Waals surface area contributed by atoms with Crippen LogP contribution in [-0.4, -0.2) is 16.5 Å². The summed E-state index contributed by atoms with van der Waals surface area (Å²) in [5.41, 5.74) is -1.87. The van der Waals surface area contributed by atoms with E-state index in [1.165, 1.54) is 0 Å². The third-order valence-corrected chi connectivity index (χ3v) is 4.41. The number of nitrogens with zero attached hydrogens (tertiary/aromatic N) is 1. The van der Waals surface area contributed by atoms with Crippen LogP contribution in [0.25, 0.3) is 0 Å². The van der Waals surface area contributed by atoms with Crippen LogP contribution in [0.15, 0.2) is 17.1 Å². The Balaban J connectivity index is 2.14. The average molecular weight is 351 g/mol. The van der Waals surface area contributed by atoms with Crippen LogP contribution in [0.2, 0.25) is 5.02 Å². The first kappa shape index (κ1) is 17.8. The number of rotatable bonds is 3. The van der Waals surface area contributed by atoms with E-state index >= 15 is 0 Å². The number of carbonyl (C=O) groups is 1. The molecule has 1 saturated carbocycles. The molecule has 0 bridgehead atoms. The van der Waals surface area contributed by atoms with Crippen molar-refractivity contribution in [1.82, 2.24) is 9.88 Å². The Morgan fingerprint density at radius 3 is 2.65 bits per heavy atom. The third kappa shape index (κ3) is 4.50. The molecule has 0 saturated heterocycles.